The van der Waals surface area contributed by atoms with E-state index in [-0.39, 0.29) is 5.91 Å². The van der Waals surface area contributed by atoms with Crippen molar-refractivity contribution in [1.82, 2.24) is 15.2 Å². The molecule has 0 unspecified atom stereocenters. The number of aromatic nitrogens is 1. The normalized spacial score (nSPS) is 22.7. The Kier molecular flexibility index (Phi) is 3.84. The van der Waals surface area contributed by atoms with Gasteiger partial charge >= 0.3 is 0 Å². The SMILES string of the molecule is O=C1c2c(cccc2N2C[C@@H]3C[C@H]2CN3)CN1CCc1ccc2ccccc2n1. The topological polar surface area (TPSA) is 48.5 Å². The van der Waals surface area contributed by atoms with Gasteiger partial charge in [-0.1, -0.05) is 36.4 Å². The van der Waals surface area contributed by atoms with Gasteiger partial charge in [-0.25, -0.2) is 0 Å². The summed E-state index contributed by atoms with van der Waals surface area (Å²) in [6.45, 7) is 3.44. The zero-order chi connectivity index (χ0) is 19.4. The van der Waals surface area contributed by atoms with Crippen molar-refractivity contribution in [3.8, 4) is 0 Å². The van der Waals surface area contributed by atoms with Crippen molar-refractivity contribution < 1.29 is 4.79 Å². The molecule has 2 aromatic carbocycles. The largest absolute Gasteiger partial charge is 0.365 e. The lowest BCUT2D eigenvalue weighted by Crippen LogP contribution is -2.44. The fourth-order valence-corrected chi connectivity index (χ4v) is 5.17. The Hall–Kier alpha value is -2.92. The van der Waals surface area contributed by atoms with E-state index in [9.17, 15) is 4.79 Å². The molecule has 2 bridgehead atoms. The van der Waals surface area contributed by atoms with Crippen LogP contribution in [-0.2, 0) is 13.0 Å². The van der Waals surface area contributed by atoms with E-state index in [1.54, 1.807) is 0 Å². The first-order valence-electron chi connectivity index (χ1n) is 10.5. The van der Waals surface area contributed by atoms with Crippen LogP contribution in [0.4, 0.5) is 5.69 Å². The standard InChI is InChI=1S/C24H24N4O/c29-24-23-17(5-3-7-22(23)28-15-19-12-20(28)13-25-19)14-27(24)11-10-18-9-8-16-4-1-2-6-21(16)26-18/h1-9,19-20,25H,10-15H2/t19-,20-/m0/s1. The number of carbonyl (C=O) groups is 1. The van der Waals surface area contributed by atoms with Crippen LogP contribution in [0.2, 0.25) is 0 Å². The van der Waals surface area contributed by atoms with Crippen LogP contribution >= 0.6 is 0 Å². The van der Waals surface area contributed by atoms with Crippen molar-refractivity contribution in [2.75, 3.05) is 24.5 Å². The zero-order valence-corrected chi connectivity index (χ0v) is 16.3. The maximum absolute atomic E-state index is 13.3. The summed E-state index contributed by atoms with van der Waals surface area (Å²) in [7, 11) is 0. The van der Waals surface area contributed by atoms with Gasteiger partial charge in [0.2, 0.25) is 0 Å². The number of amides is 1. The lowest BCUT2D eigenvalue weighted by atomic mass is 10.1. The first kappa shape index (κ1) is 17.0. The Bertz CT molecular complexity index is 1110. The summed E-state index contributed by atoms with van der Waals surface area (Å²) in [6.07, 6.45) is 1.97. The van der Waals surface area contributed by atoms with E-state index in [1.165, 1.54) is 6.42 Å². The predicted molar refractivity (Wildman–Crippen MR) is 114 cm³/mol. The molecule has 1 amide bonds. The van der Waals surface area contributed by atoms with Gasteiger partial charge in [-0.15, -0.1) is 0 Å². The van der Waals surface area contributed by atoms with Crippen molar-refractivity contribution in [2.24, 2.45) is 0 Å². The number of nitrogens with one attached hydrogen (secondary N) is 1. The van der Waals surface area contributed by atoms with Crippen LogP contribution in [0.3, 0.4) is 0 Å². The molecule has 0 spiro atoms. The van der Waals surface area contributed by atoms with E-state index >= 15 is 0 Å². The molecule has 1 aromatic heterocycles. The van der Waals surface area contributed by atoms with E-state index < -0.39 is 0 Å². The van der Waals surface area contributed by atoms with E-state index in [1.807, 2.05) is 23.1 Å². The van der Waals surface area contributed by atoms with Crippen LogP contribution in [-0.4, -0.2) is 47.5 Å². The van der Waals surface area contributed by atoms with E-state index in [4.69, 9.17) is 4.98 Å². The molecule has 6 rings (SSSR count). The predicted octanol–water partition coefficient (Wildman–Crippen LogP) is 2.98. The minimum Gasteiger partial charge on any atom is -0.365 e. The van der Waals surface area contributed by atoms with Gasteiger partial charge in [0.05, 0.1) is 16.8 Å². The number of piperazine rings is 1. The summed E-state index contributed by atoms with van der Waals surface area (Å²) >= 11 is 0. The van der Waals surface area contributed by atoms with Gasteiger partial charge in [-0.3, -0.25) is 9.78 Å². The smallest absolute Gasteiger partial charge is 0.256 e. The van der Waals surface area contributed by atoms with E-state index in [2.05, 4.69) is 46.6 Å². The highest BCUT2D eigenvalue weighted by molar-refractivity contribution is 6.03. The summed E-state index contributed by atoms with van der Waals surface area (Å²) in [5.74, 6) is 0.173. The van der Waals surface area contributed by atoms with Crippen LogP contribution < -0.4 is 10.2 Å². The molecule has 29 heavy (non-hydrogen) atoms. The Balaban J connectivity index is 1.22. The van der Waals surface area contributed by atoms with Crippen molar-refractivity contribution in [1.29, 1.82) is 0 Å². The molecule has 3 aromatic rings. The minimum absolute atomic E-state index is 0.173. The molecule has 2 fully saturated rings. The minimum atomic E-state index is 0.173. The number of rotatable bonds is 4. The van der Waals surface area contributed by atoms with Crippen LogP contribution in [0.25, 0.3) is 10.9 Å². The van der Waals surface area contributed by atoms with Crippen LogP contribution in [0.1, 0.15) is 28.0 Å². The Morgan fingerprint density at radius 3 is 2.86 bits per heavy atom. The molecule has 0 radical (unpaired) electrons. The second-order valence-electron chi connectivity index (χ2n) is 8.43. The quantitative estimate of drug-likeness (QED) is 0.751. The number of pyridine rings is 1. The molecule has 0 aliphatic carbocycles. The average Bonchev–Trinajstić information content (AvgIpc) is 3.47. The molecular formula is C24H24N4O. The van der Waals surface area contributed by atoms with Gasteiger partial charge in [-0.2, -0.15) is 0 Å². The van der Waals surface area contributed by atoms with Crippen molar-refractivity contribution >= 4 is 22.5 Å². The van der Waals surface area contributed by atoms with Crippen molar-refractivity contribution in [3.63, 3.8) is 0 Å². The lowest BCUT2D eigenvalue weighted by molar-refractivity contribution is 0.0780. The number of hydrogen-bond acceptors (Lipinski definition) is 4. The van der Waals surface area contributed by atoms with Gasteiger partial charge in [0.1, 0.15) is 0 Å². The van der Waals surface area contributed by atoms with Crippen molar-refractivity contribution in [3.05, 3.63) is 71.4 Å². The van der Waals surface area contributed by atoms with Crippen LogP contribution in [0.5, 0.6) is 0 Å². The number of benzene rings is 2. The Morgan fingerprint density at radius 2 is 2.00 bits per heavy atom. The summed E-state index contributed by atoms with van der Waals surface area (Å²) in [5.41, 5.74) is 5.27. The molecule has 146 valence electrons. The van der Waals surface area contributed by atoms with Crippen LogP contribution in [0, 0.1) is 0 Å². The molecule has 4 heterocycles. The van der Waals surface area contributed by atoms with Gasteiger partial charge in [-0.05, 0) is 30.2 Å². The molecule has 2 atom stereocenters. The third kappa shape index (κ3) is 2.80. The van der Waals surface area contributed by atoms with Gasteiger partial charge in [0.15, 0.2) is 0 Å². The van der Waals surface area contributed by atoms with Crippen molar-refractivity contribution in [2.45, 2.75) is 31.5 Å². The number of anilines is 1. The highest BCUT2D eigenvalue weighted by Crippen LogP contribution is 2.36. The molecule has 3 aliphatic heterocycles. The maximum atomic E-state index is 13.3. The second-order valence-corrected chi connectivity index (χ2v) is 8.43. The third-order valence-corrected chi connectivity index (χ3v) is 6.65. The molecule has 5 nitrogen and oxygen atoms in total. The summed E-state index contributed by atoms with van der Waals surface area (Å²) in [5, 5.41) is 4.70. The van der Waals surface area contributed by atoms with E-state index in [0.717, 1.165) is 52.9 Å². The Morgan fingerprint density at radius 1 is 1.07 bits per heavy atom. The highest BCUT2D eigenvalue weighted by atomic mass is 16.2. The number of nitrogens with zero attached hydrogens (tertiary/aromatic N) is 3. The summed E-state index contributed by atoms with van der Waals surface area (Å²) < 4.78 is 0. The molecule has 0 saturated carbocycles. The van der Waals surface area contributed by atoms with Gasteiger partial charge in [0.25, 0.3) is 5.91 Å². The number of hydrogen-bond donors (Lipinski definition) is 1. The lowest BCUT2D eigenvalue weighted by Gasteiger charge is -2.30. The molecular weight excluding hydrogens is 360 g/mol. The Labute approximate surface area is 170 Å². The van der Waals surface area contributed by atoms with Gasteiger partial charge in [0, 0.05) is 55.8 Å². The van der Waals surface area contributed by atoms with Gasteiger partial charge < -0.3 is 15.1 Å². The number of para-hydroxylation sites is 1. The second kappa shape index (κ2) is 6.56. The summed E-state index contributed by atoms with van der Waals surface area (Å²) in [6, 6.07) is 19.8. The maximum Gasteiger partial charge on any atom is 0.256 e. The molecule has 1 N–H and O–H groups in total. The summed E-state index contributed by atoms with van der Waals surface area (Å²) in [4.78, 5) is 22.5. The fourth-order valence-electron chi connectivity index (χ4n) is 5.17. The third-order valence-electron chi connectivity index (χ3n) is 6.65. The number of fused-ring (bicyclic) bond motifs is 4. The average molecular weight is 384 g/mol. The van der Waals surface area contributed by atoms with E-state index in [0.29, 0.717) is 25.2 Å². The first-order valence-corrected chi connectivity index (χ1v) is 10.5. The molecule has 3 aliphatic rings. The fraction of sp³-hybridized carbons (Fsp3) is 0.333. The highest BCUT2D eigenvalue weighted by Gasteiger charge is 2.40. The monoisotopic (exact) mass is 384 g/mol. The van der Waals surface area contributed by atoms with Crippen LogP contribution in [0.15, 0.2) is 54.6 Å². The molecule has 5 heteroatoms. The molecule has 2 saturated heterocycles. The number of carbonyl (C=O) groups excluding carboxylic acids is 1. The first-order chi connectivity index (χ1) is 14.3. The zero-order valence-electron chi connectivity index (χ0n) is 16.3.